The van der Waals surface area contributed by atoms with E-state index in [1.165, 1.54) is 85.2 Å². The predicted octanol–water partition coefficient (Wildman–Crippen LogP) is 1.29. The number of carbonyl (C=O) groups excluding carboxylic acids is 4. The van der Waals surface area contributed by atoms with Crippen LogP contribution in [0.1, 0.15) is 11.4 Å². The van der Waals surface area contributed by atoms with Crippen LogP contribution in [0, 0.1) is 10.4 Å². The second-order valence-corrected chi connectivity index (χ2v) is 10.6. The standard InChI is InChI=1S/C28H22N4O8S/c33-25(17-21-5-1-3-15-31(21)37)27(35)29-19-7-11-23(12-8-19)41(39,40)24-13-9-20(10-14-24)30-28(36)26(34)18-22-6-2-4-16-32(22)38/h1-16H,17-18H2,(H,29,35)(H,30,36). The molecule has 0 unspecified atom stereocenters. The lowest BCUT2D eigenvalue weighted by Crippen LogP contribution is -2.35. The van der Waals surface area contributed by atoms with Gasteiger partial charge in [0.2, 0.25) is 32.8 Å². The number of ketones is 2. The highest BCUT2D eigenvalue weighted by atomic mass is 32.2. The first-order chi connectivity index (χ1) is 19.5. The number of sulfone groups is 1. The summed E-state index contributed by atoms with van der Waals surface area (Å²) in [7, 11) is -3.99. The third-order valence-corrected chi connectivity index (χ3v) is 7.63. The van der Waals surface area contributed by atoms with E-state index < -0.39 is 46.1 Å². The number of rotatable bonds is 10. The van der Waals surface area contributed by atoms with Crippen molar-refractivity contribution in [3.05, 3.63) is 119 Å². The van der Waals surface area contributed by atoms with Crippen LogP contribution < -0.4 is 20.1 Å². The molecule has 2 aromatic heterocycles. The molecule has 41 heavy (non-hydrogen) atoms. The second-order valence-electron chi connectivity index (χ2n) is 8.70. The van der Waals surface area contributed by atoms with E-state index in [0.29, 0.717) is 9.46 Å². The highest BCUT2D eigenvalue weighted by Crippen LogP contribution is 2.24. The summed E-state index contributed by atoms with van der Waals surface area (Å²) in [5.41, 5.74) is 0.558. The molecule has 2 heterocycles. The van der Waals surface area contributed by atoms with Gasteiger partial charge in [0.05, 0.1) is 9.79 Å². The summed E-state index contributed by atoms with van der Waals surface area (Å²) in [6, 6.07) is 19.2. The van der Waals surface area contributed by atoms with Crippen molar-refractivity contribution in [2.24, 2.45) is 0 Å². The zero-order valence-electron chi connectivity index (χ0n) is 21.2. The molecule has 2 N–H and O–H groups in total. The van der Waals surface area contributed by atoms with Crippen molar-refractivity contribution < 1.29 is 37.1 Å². The quantitative estimate of drug-likeness (QED) is 0.161. The molecule has 4 rings (SSSR count). The number of anilines is 2. The van der Waals surface area contributed by atoms with Crippen LogP contribution in [0.2, 0.25) is 0 Å². The third-order valence-electron chi connectivity index (χ3n) is 5.84. The summed E-state index contributed by atoms with van der Waals surface area (Å²) >= 11 is 0. The Morgan fingerprint density at radius 1 is 0.585 bits per heavy atom. The van der Waals surface area contributed by atoms with E-state index >= 15 is 0 Å². The van der Waals surface area contributed by atoms with Crippen molar-refractivity contribution in [1.82, 2.24) is 0 Å². The summed E-state index contributed by atoms with van der Waals surface area (Å²) in [6.07, 6.45) is 1.62. The van der Waals surface area contributed by atoms with Crippen molar-refractivity contribution in [2.45, 2.75) is 22.6 Å². The van der Waals surface area contributed by atoms with Crippen LogP contribution in [0.25, 0.3) is 0 Å². The van der Waals surface area contributed by atoms with Gasteiger partial charge in [0, 0.05) is 35.6 Å². The average Bonchev–Trinajstić information content (AvgIpc) is 2.96. The number of benzene rings is 2. The molecule has 2 aromatic carbocycles. The Morgan fingerprint density at radius 2 is 0.951 bits per heavy atom. The normalized spacial score (nSPS) is 10.9. The number of pyridine rings is 2. The zero-order valence-corrected chi connectivity index (χ0v) is 22.0. The van der Waals surface area contributed by atoms with Crippen LogP contribution in [-0.4, -0.2) is 31.8 Å². The van der Waals surface area contributed by atoms with Crippen molar-refractivity contribution in [1.29, 1.82) is 0 Å². The van der Waals surface area contributed by atoms with E-state index in [0.717, 1.165) is 0 Å². The van der Waals surface area contributed by atoms with E-state index in [1.807, 2.05) is 0 Å². The fraction of sp³-hybridized carbons (Fsp3) is 0.0714. The third kappa shape index (κ3) is 6.96. The van der Waals surface area contributed by atoms with E-state index in [1.54, 1.807) is 12.1 Å². The predicted molar refractivity (Wildman–Crippen MR) is 144 cm³/mol. The van der Waals surface area contributed by atoms with Crippen LogP contribution in [0.5, 0.6) is 0 Å². The Hall–Kier alpha value is -5.43. The first-order valence-electron chi connectivity index (χ1n) is 12.0. The van der Waals surface area contributed by atoms with E-state index in [2.05, 4.69) is 10.6 Å². The molecule has 12 nitrogen and oxygen atoms in total. The number of hydrogen-bond acceptors (Lipinski definition) is 8. The van der Waals surface area contributed by atoms with Crippen LogP contribution in [-0.2, 0) is 41.9 Å². The summed E-state index contributed by atoms with van der Waals surface area (Å²) in [5.74, 6) is -3.62. The van der Waals surface area contributed by atoms with Gasteiger partial charge < -0.3 is 21.0 Å². The van der Waals surface area contributed by atoms with Gasteiger partial charge in [-0.1, -0.05) is 0 Å². The fourth-order valence-electron chi connectivity index (χ4n) is 3.66. The molecule has 0 aliphatic heterocycles. The maximum absolute atomic E-state index is 13.0. The number of nitrogens with zero attached hydrogens (tertiary/aromatic N) is 2. The van der Waals surface area contributed by atoms with Gasteiger partial charge in [-0.2, -0.15) is 9.46 Å². The van der Waals surface area contributed by atoms with E-state index in [-0.39, 0.29) is 32.6 Å². The number of nitrogens with one attached hydrogen (secondary N) is 2. The SMILES string of the molecule is O=C(Cc1cccc[n+]1[O-])C(=O)Nc1ccc(S(=O)(=O)c2ccc(NC(=O)C(=O)Cc3cccc[n+]3[O-])cc2)cc1. The summed E-state index contributed by atoms with van der Waals surface area (Å²) in [5, 5.41) is 28.1. The second kappa shape index (κ2) is 12.2. The number of Topliss-reactive ketones (excluding diaryl/α,β-unsaturated/α-hetero) is 2. The van der Waals surface area contributed by atoms with Crippen molar-refractivity contribution in [2.75, 3.05) is 10.6 Å². The summed E-state index contributed by atoms with van der Waals surface area (Å²) < 4.78 is 27.1. The Balaban J connectivity index is 1.36. The average molecular weight is 575 g/mol. The molecule has 4 aromatic rings. The maximum Gasteiger partial charge on any atom is 0.292 e. The molecule has 0 bridgehead atoms. The van der Waals surface area contributed by atoms with E-state index in [4.69, 9.17) is 0 Å². The molecular formula is C28H22N4O8S. The topological polar surface area (TPSA) is 180 Å². The number of hydrogen-bond donors (Lipinski definition) is 2. The lowest BCUT2D eigenvalue weighted by molar-refractivity contribution is -0.613. The lowest BCUT2D eigenvalue weighted by Gasteiger charge is -2.09. The first kappa shape index (κ1) is 28.6. The van der Waals surface area contributed by atoms with Gasteiger partial charge in [-0.05, 0) is 60.7 Å². The molecular weight excluding hydrogens is 552 g/mol. The molecule has 2 amide bonds. The highest BCUT2D eigenvalue weighted by molar-refractivity contribution is 7.91. The van der Waals surface area contributed by atoms with Crippen LogP contribution >= 0.6 is 0 Å². The number of aromatic nitrogens is 2. The minimum absolute atomic E-state index is 0.0979. The Kier molecular flexibility index (Phi) is 8.48. The molecule has 0 radical (unpaired) electrons. The van der Waals surface area contributed by atoms with Crippen molar-refractivity contribution in [3.63, 3.8) is 0 Å². The monoisotopic (exact) mass is 574 g/mol. The van der Waals surface area contributed by atoms with Crippen molar-refractivity contribution >= 4 is 44.6 Å². The molecule has 208 valence electrons. The van der Waals surface area contributed by atoms with Gasteiger partial charge >= 0.3 is 0 Å². The van der Waals surface area contributed by atoms with Gasteiger partial charge in [0.25, 0.3) is 11.8 Å². The van der Waals surface area contributed by atoms with Crippen LogP contribution in [0.4, 0.5) is 11.4 Å². The fourth-order valence-corrected chi connectivity index (χ4v) is 4.92. The van der Waals surface area contributed by atoms with Gasteiger partial charge in [-0.15, -0.1) is 0 Å². The molecule has 0 saturated carbocycles. The number of carbonyl (C=O) groups is 4. The highest BCUT2D eigenvalue weighted by Gasteiger charge is 2.22. The van der Waals surface area contributed by atoms with Gasteiger partial charge in [-0.3, -0.25) is 19.2 Å². The van der Waals surface area contributed by atoms with Crippen LogP contribution in [0.3, 0.4) is 0 Å². The Bertz CT molecular complexity index is 1610. The summed E-state index contributed by atoms with van der Waals surface area (Å²) in [6.45, 7) is 0. The van der Waals surface area contributed by atoms with Gasteiger partial charge in [-0.25, -0.2) is 8.42 Å². The summed E-state index contributed by atoms with van der Waals surface area (Å²) in [4.78, 5) is 48.6. The van der Waals surface area contributed by atoms with E-state index in [9.17, 15) is 38.0 Å². The molecule has 0 atom stereocenters. The van der Waals surface area contributed by atoms with Crippen LogP contribution in [0.15, 0.2) is 107 Å². The molecule has 0 spiro atoms. The molecule has 0 aliphatic carbocycles. The van der Waals surface area contributed by atoms with Gasteiger partial charge in [0.1, 0.15) is 12.8 Å². The van der Waals surface area contributed by atoms with Gasteiger partial charge in [0.15, 0.2) is 12.4 Å². The minimum atomic E-state index is -3.99. The smallest absolute Gasteiger partial charge is 0.292 e. The maximum atomic E-state index is 13.0. The molecule has 0 saturated heterocycles. The number of amides is 2. The Labute approximate surface area is 234 Å². The Morgan fingerprint density at radius 3 is 1.29 bits per heavy atom. The zero-order chi connectivity index (χ0) is 29.6. The van der Waals surface area contributed by atoms with Crippen molar-refractivity contribution in [3.8, 4) is 0 Å². The molecule has 0 aliphatic rings. The minimum Gasteiger partial charge on any atom is -0.618 e. The first-order valence-corrected chi connectivity index (χ1v) is 13.5. The molecule has 13 heteroatoms. The lowest BCUT2D eigenvalue weighted by atomic mass is 10.2. The molecule has 0 fully saturated rings. The largest absolute Gasteiger partial charge is 0.618 e.